The van der Waals surface area contributed by atoms with Gasteiger partial charge in [0.25, 0.3) is 0 Å². The van der Waals surface area contributed by atoms with Crippen LogP contribution in [0.3, 0.4) is 0 Å². The highest BCUT2D eigenvalue weighted by molar-refractivity contribution is 5.36. The van der Waals surface area contributed by atoms with Crippen molar-refractivity contribution in [2.75, 3.05) is 5.32 Å². The van der Waals surface area contributed by atoms with E-state index in [0.717, 1.165) is 11.7 Å². The molecule has 13 heavy (non-hydrogen) atoms. The third kappa shape index (κ3) is 2.08. The summed E-state index contributed by atoms with van der Waals surface area (Å²) in [5.74, 6) is 1.72. The standard InChI is InChI=1S/C11H14N2/c1-2-10(9-6-7-9)13-11-5-3-4-8-12-11/h2-5,8-10H,1,6-7H2,(H,12,13). The summed E-state index contributed by atoms with van der Waals surface area (Å²) in [5, 5.41) is 3.36. The number of pyridine rings is 1. The average molecular weight is 174 g/mol. The molecule has 2 heteroatoms. The summed E-state index contributed by atoms with van der Waals surface area (Å²) in [6.07, 6.45) is 6.41. The third-order valence-corrected chi connectivity index (χ3v) is 2.36. The topological polar surface area (TPSA) is 24.9 Å². The molecule has 1 aliphatic rings. The van der Waals surface area contributed by atoms with E-state index in [9.17, 15) is 0 Å². The normalized spacial score (nSPS) is 17.8. The molecule has 2 rings (SSSR count). The van der Waals surface area contributed by atoms with Crippen molar-refractivity contribution in [1.29, 1.82) is 0 Å². The van der Waals surface area contributed by atoms with Crippen LogP contribution in [0.25, 0.3) is 0 Å². The summed E-state index contributed by atoms with van der Waals surface area (Å²) in [6, 6.07) is 6.29. The number of hydrogen-bond acceptors (Lipinski definition) is 2. The zero-order valence-corrected chi connectivity index (χ0v) is 7.61. The molecule has 0 aliphatic heterocycles. The second-order valence-electron chi connectivity index (χ2n) is 3.46. The zero-order chi connectivity index (χ0) is 9.10. The molecule has 0 bridgehead atoms. The van der Waals surface area contributed by atoms with Crippen LogP contribution in [0.1, 0.15) is 12.8 Å². The maximum atomic E-state index is 4.22. The van der Waals surface area contributed by atoms with E-state index in [4.69, 9.17) is 0 Å². The molecular formula is C11H14N2. The van der Waals surface area contributed by atoms with Crippen LogP contribution in [0.4, 0.5) is 5.82 Å². The first kappa shape index (κ1) is 8.30. The van der Waals surface area contributed by atoms with Crippen LogP contribution in [0.5, 0.6) is 0 Å². The average Bonchev–Trinajstić information content (AvgIpc) is 2.99. The minimum Gasteiger partial charge on any atom is -0.364 e. The molecule has 1 aliphatic carbocycles. The predicted molar refractivity (Wildman–Crippen MR) is 54.6 cm³/mol. The fourth-order valence-electron chi connectivity index (χ4n) is 1.44. The van der Waals surface area contributed by atoms with Gasteiger partial charge in [-0.1, -0.05) is 12.1 Å². The monoisotopic (exact) mass is 174 g/mol. The van der Waals surface area contributed by atoms with Crippen LogP contribution in [0, 0.1) is 5.92 Å². The number of rotatable bonds is 4. The van der Waals surface area contributed by atoms with E-state index >= 15 is 0 Å². The molecule has 0 radical (unpaired) electrons. The highest BCUT2D eigenvalue weighted by Gasteiger charge is 2.29. The lowest BCUT2D eigenvalue weighted by molar-refractivity contribution is 0.753. The van der Waals surface area contributed by atoms with Gasteiger partial charge >= 0.3 is 0 Å². The maximum Gasteiger partial charge on any atom is 0.126 e. The van der Waals surface area contributed by atoms with Crippen molar-refractivity contribution in [3.05, 3.63) is 37.1 Å². The van der Waals surface area contributed by atoms with E-state index in [-0.39, 0.29) is 0 Å². The van der Waals surface area contributed by atoms with Crippen molar-refractivity contribution >= 4 is 5.82 Å². The molecule has 0 aromatic carbocycles. The molecule has 1 saturated carbocycles. The smallest absolute Gasteiger partial charge is 0.126 e. The van der Waals surface area contributed by atoms with E-state index in [1.807, 2.05) is 24.3 Å². The van der Waals surface area contributed by atoms with Gasteiger partial charge in [0.2, 0.25) is 0 Å². The molecule has 1 aromatic rings. The highest BCUT2D eigenvalue weighted by atomic mass is 15.0. The van der Waals surface area contributed by atoms with E-state index in [0.29, 0.717) is 6.04 Å². The Kier molecular flexibility index (Phi) is 2.30. The molecule has 68 valence electrons. The Balaban J connectivity index is 1.99. The number of aromatic nitrogens is 1. The Bertz CT molecular complexity index is 277. The van der Waals surface area contributed by atoms with Gasteiger partial charge in [0.1, 0.15) is 5.82 Å². The predicted octanol–water partition coefficient (Wildman–Crippen LogP) is 2.46. The van der Waals surface area contributed by atoms with Crippen LogP contribution < -0.4 is 5.32 Å². The Labute approximate surface area is 78.7 Å². The Hall–Kier alpha value is -1.31. The Morgan fingerprint density at radius 2 is 2.38 bits per heavy atom. The van der Waals surface area contributed by atoms with Gasteiger partial charge in [-0.3, -0.25) is 0 Å². The second kappa shape index (κ2) is 3.60. The van der Waals surface area contributed by atoms with Gasteiger partial charge in [-0.2, -0.15) is 0 Å². The van der Waals surface area contributed by atoms with Gasteiger partial charge in [0.05, 0.1) is 0 Å². The second-order valence-corrected chi connectivity index (χ2v) is 3.46. The van der Waals surface area contributed by atoms with Crippen molar-refractivity contribution in [2.24, 2.45) is 5.92 Å². The molecule has 1 aromatic heterocycles. The highest BCUT2D eigenvalue weighted by Crippen LogP contribution is 2.34. The summed E-state index contributed by atoms with van der Waals surface area (Å²) in [7, 11) is 0. The Morgan fingerprint density at radius 1 is 1.54 bits per heavy atom. The van der Waals surface area contributed by atoms with Crippen molar-refractivity contribution in [3.8, 4) is 0 Å². The first-order valence-corrected chi connectivity index (χ1v) is 4.70. The minimum absolute atomic E-state index is 0.398. The van der Waals surface area contributed by atoms with E-state index in [1.165, 1.54) is 12.8 Å². The summed E-state index contributed by atoms with van der Waals surface area (Å²) < 4.78 is 0. The molecule has 1 heterocycles. The quantitative estimate of drug-likeness (QED) is 0.709. The summed E-state index contributed by atoms with van der Waals surface area (Å²) >= 11 is 0. The van der Waals surface area contributed by atoms with Gasteiger partial charge in [0, 0.05) is 12.2 Å². The van der Waals surface area contributed by atoms with Crippen LogP contribution in [-0.4, -0.2) is 11.0 Å². The first-order chi connectivity index (χ1) is 6.40. The lowest BCUT2D eigenvalue weighted by atomic mass is 10.2. The number of anilines is 1. The molecule has 1 unspecified atom stereocenters. The number of nitrogens with zero attached hydrogens (tertiary/aromatic N) is 1. The van der Waals surface area contributed by atoms with Gasteiger partial charge in [0.15, 0.2) is 0 Å². The van der Waals surface area contributed by atoms with Crippen molar-refractivity contribution < 1.29 is 0 Å². The molecule has 2 nitrogen and oxygen atoms in total. The molecule has 1 N–H and O–H groups in total. The van der Waals surface area contributed by atoms with Crippen molar-refractivity contribution in [1.82, 2.24) is 4.98 Å². The molecule has 0 amide bonds. The van der Waals surface area contributed by atoms with Crippen LogP contribution in [0.2, 0.25) is 0 Å². The Morgan fingerprint density at radius 3 is 2.92 bits per heavy atom. The first-order valence-electron chi connectivity index (χ1n) is 4.70. The van der Waals surface area contributed by atoms with Crippen molar-refractivity contribution in [2.45, 2.75) is 18.9 Å². The van der Waals surface area contributed by atoms with Crippen molar-refractivity contribution in [3.63, 3.8) is 0 Å². The maximum absolute atomic E-state index is 4.22. The van der Waals surface area contributed by atoms with Crippen LogP contribution in [-0.2, 0) is 0 Å². The molecule has 1 atom stereocenters. The largest absolute Gasteiger partial charge is 0.364 e. The molecular weight excluding hydrogens is 160 g/mol. The summed E-state index contributed by atoms with van der Waals surface area (Å²) in [5.41, 5.74) is 0. The van der Waals surface area contributed by atoms with Crippen LogP contribution >= 0.6 is 0 Å². The van der Waals surface area contributed by atoms with Gasteiger partial charge in [-0.25, -0.2) is 4.98 Å². The third-order valence-electron chi connectivity index (χ3n) is 2.36. The fourth-order valence-corrected chi connectivity index (χ4v) is 1.44. The molecule has 1 fully saturated rings. The number of hydrogen-bond donors (Lipinski definition) is 1. The number of nitrogens with one attached hydrogen (secondary N) is 1. The lowest BCUT2D eigenvalue weighted by Crippen LogP contribution is -2.19. The zero-order valence-electron chi connectivity index (χ0n) is 7.61. The molecule has 0 saturated heterocycles. The van der Waals surface area contributed by atoms with E-state index in [1.54, 1.807) is 6.20 Å². The lowest BCUT2D eigenvalue weighted by Gasteiger charge is -2.13. The fraction of sp³-hybridized carbons (Fsp3) is 0.364. The van der Waals surface area contributed by atoms with Crippen LogP contribution in [0.15, 0.2) is 37.1 Å². The van der Waals surface area contributed by atoms with Gasteiger partial charge in [-0.05, 0) is 30.9 Å². The van der Waals surface area contributed by atoms with Gasteiger partial charge in [-0.15, -0.1) is 6.58 Å². The van der Waals surface area contributed by atoms with Gasteiger partial charge < -0.3 is 5.32 Å². The van der Waals surface area contributed by atoms with E-state index in [2.05, 4.69) is 16.9 Å². The minimum atomic E-state index is 0.398. The SMILES string of the molecule is C=CC(Nc1ccccn1)C1CC1. The molecule has 0 spiro atoms. The summed E-state index contributed by atoms with van der Waals surface area (Å²) in [4.78, 5) is 4.22. The van der Waals surface area contributed by atoms with E-state index < -0.39 is 0 Å². The summed E-state index contributed by atoms with van der Waals surface area (Å²) in [6.45, 7) is 3.83.